The second-order valence-corrected chi connectivity index (χ2v) is 7.50. The number of benzene rings is 1. The van der Waals surface area contributed by atoms with Crippen LogP contribution in [-0.4, -0.2) is 11.7 Å². The Morgan fingerprint density at radius 3 is 1.96 bits per heavy atom. The van der Waals surface area contributed by atoms with Gasteiger partial charge in [-0.2, -0.15) is 0 Å². The number of rotatable bonds is 8. The third kappa shape index (κ3) is 4.01. The monoisotopic (exact) mass is 317 g/mol. The van der Waals surface area contributed by atoms with E-state index in [-0.39, 0.29) is 29.9 Å². The van der Waals surface area contributed by atoms with Crippen LogP contribution in [0.2, 0.25) is 0 Å². The Hall–Kier alpha value is -1.64. The molecule has 0 unspecified atom stereocenters. The summed E-state index contributed by atoms with van der Waals surface area (Å²) in [6.45, 7) is 12.5. The van der Waals surface area contributed by atoms with Crippen LogP contribution < -0.4 is 5.73 Å². The van der Waals surface area contributed by atoms with Crippen LogP contribution in [0.4, 0.5) is 0 Å². The van der Waals surface area contributed by atoms with Crippen molar-refractivity contribution in [1.82, 2.24) is 0 Å². The Bertz CT molecular complexity index is 551. The van der Waals surface area contributed by atoms with Gasteiger partial charge in [0.25, 0.3) is 0 Å². The standard InChI is InChI=1S/C20H31NO2/c1-13(2)11-18(22)20(14(3)4,15(5)6)17-10-8-7-9-16(17)12-19(21)23/h7-10,13-15H,11-12H2,1-6H3,(H2,21,23). The third-order valence-corrected chi connectivity index (χ3v) is 4.70. The molecule has 0 spiro atoms. The van der Waals surface area contributed by atoms with Crippen molar-refractivity contribution in [3.05, 3.63) is 35.4 Å². The molecule has 0 aliphatic rings. The Labute approximate surface area is 140 Å². The Kier molecular flexibility index (Phi) is 6.55. The Morgan fingerprint density at radius 2 is 1.52 bits per heavy atom. The minimum atomic E-state index is -0.587. The lowest BCUT2D eigenvalue weighted by Gasteiger charge is -2.42. The van der Waals surface area contributed by atoms with Gasteiger partial charge in [0, 0.05) is 6.42 Å². The van der Waals surface area contributed by atoms with Crippen LogP contribution in [0.3, 0.4) is 0 Å². The van der Waals surface area contributed by atoms with E-state index in [1.807, 2.05) is 24.3 Å². The normalized spacial score (nSPS) is 12.2. The molecule has 1 rings (SSSR count). The molecule has 0 fully saturated rings. The first-order chi connectivity index (χ1) is 10.6. The second-order valence-electron chi connectivity index (χ2n) is 7.50. The van der Waals surface area contributed by atoms with Gasteiger partial charge in [0.1, 0.15) is 5.78 Å². The topological polar surface area (TPSA) is 60.2 Å². The van der Waals surface area contributed by atoms with Gasteiger partial charge in [-0.1, -0.05) is 65.8 Å². The molecule has 1 aromatic rings. The van der Waals surface area contributed by atoms with E-state index in [4.69, 9.17) is 5.73 Å². The molecule has 3 heteroatoms. The zero-order valence-electron chi connectivity index (χ0n) is 15.3. The molecule has 0 bridgehead atoms. The van der Waals surface area contributed by atoms with Gasteiger partial charge < -0.3 is 5.73 Å². The van der Waals surface area contributed by atoms with Crippen molar-refractivity contribution in [2.24, 2.45) is 23.5 Å². The van der Waals surface area contributed by atoms with Crippen molar-refractivity contribution in [2.45, 2.75) is 59.8 Å². The first-order valence-corrected chi connectivity index (χ1v) is 8.53. The van der Waals surface area contributed by atoms with Crippen molar-refractivity contribution in [3.8, 4) is 0 Å². The third-order valence-electron chi connectivity index (χ3n) is 4.70. The van der Waals surface area contributed by atoms with Crippen molar-refractivity contribution in [2.75, 3.05) is 0 Å². The molecular weight excluding hydrogens is 286 g/mol. The average molecular weight is 317 g/mol. The smallest absolute Gasteiger partial charge is 0.221 e. The van der Waals surface area contributed by atoms with Crippen LogP contribution in [0.5, 0.6) is 0 Å². The summed E-state index contributed by atoms with van der Waals surface area (Å²) in [5.41, 5.74) is 6.68. The molecule has 1 amide bonds. The number of carbonyl (C=O) groups is 2. The van der Waals surface area contributed by atoms with Crippen LogP contribution in [0.1, 0.15) is 59.1 Å². The molecule has 0 radical (unpaired) electrons. The minimum absolute atomic E-state index is 0.141. The number of hydrogen-bond donors (Lipinski definition) is 1. The fraction of sp³-hybridized carbons (Fsp3) is 0.600. The largest absolute Gasteiger partial charge is 0.369 e. The molecular formula is C20H31NO2. The second kappa shape index (κ2) is 7.76. The summed E-state index contributed by atoms with van der Waals surface area (Å²) in [7, 11) is 0. The SMILES string of the molecule is CC(C)CC(=O)C(c1ccccc1CC(N)=O)(C(C)C)C(C)C. The molecule has 128 valence electrons. The number of amides is 1. The van der Waals surface area contributed by atoms with E-state index in [0.29, 0.717) is 12.3 Å². The fourth-order valence-electron chi connectivity index (χ4n) is 3.89. The lowest BCUT2D eigenvalue weighted by molar-refractivity contribution is -0.129. The molecule has 0 atom stereocenters. The van der Waals surface area contributed by atoms with Crippen LogP contribution >= 0.6 is 0 Å². The van der Waals surface area contributed by atoms with E-state index >= 15 is 0 Å². The van der Waals surface area contributed by atoms with Gasteiger partial charge in [-0.25, -0.2) is 0 Å². The highest BCUT2D eigenvalue weighted by Crippen LogP contribution is 2.43. The summed E-state index contributed by atoms with van der Waals surface area (Å²) in [5.74, 6) is 0.484. The van der Waals surface area contributed by atoms with Crippen LogP contribution in [0.15, 0.2) is 24.3 Å². The highest BCUT2D eigenvalue weighted by Gasteiger charge is 2.46. The Morgan fingerprint density at radius 1 is 1.00 bits per heavy atom. The fourth-order valence-corrected chi connectivity index (χ4v) is 3.89. The zero-order chi connectivity index (χ0) is 17.8. The van der Waals surface area contributed by atoms with Gasteiger partial charge >= 0.3 is 0 Å². The van der Waals surface area contributed by atoms with Crippen LogP contribution in [-0.2, 0) is 21.4 Å². The van der Waals surface area contributed by atoms with Gasteiger partial charge in [-0.3, -0.25) is 9.59 Å². The first-order valence-electron chi connectivity index (χ1n) is 8.53. The van der Waals surface area contributed by atoms with Gasteiger partial charge in [0.15, 0.2) is 0 Å². The quantitative estimate of drug-likeness (QED) is 0.791. The maximum atomic E-state index is 13.3. The average Bonchev–Trinajstić information content (AvgIpc) is 2.38. The molecule has 0 aliphatic carbocycles. The van der Waals surface area contributed by atoms with E-state index in [1.54, 1.807) is 0 Å². The maximum absolute atomic E-state index is 13.3. The zero-order valence-corrected chi connectivity index (χ0v) is 15.3. The van der Waals surface area contributed by atoms with E-state index in [1.165, 1.54) is 0 Å². The number of carbonyl (C=O) groups excluding carboxylic acids is 2. The highest BCUT2D eigenvalue weighted by atomic mass is 16.1. The summed E-state index contributed by atoms with van der Waals surface area (Å²) in [4.78, 5) is 24.8. The predicted molar refractivity (Wildman–Crippen MR) is 95.2 cm³/mol. The highest BCUT2D eigenvalue weighted by molar-refractivity contribution is 5.92. The van der Waals surface area contributed by atoms with Crippen molar-refractivity contribution < 1.29 is 9.59 Å². The van der Waals surface area contributed by atoms with Gasteiger partial charge in [0.05, 0.1) is 11.8 Å². The van der Waals surface area contributed by atoms with Crippen LogP contribution in [0.25, 0.3) is 0 Å². The van der Waals surface area contributed by atoms with Gasteiger partial charge in [-0.05, 0) is 28.9 Å². The van der Waals surface area contributed by atoms with Gasteiger partial charge in [0.2, 0.25) is 5.91 Å². The summed E-state index contributed by atoms with van der Waals surface area (Å²) < 4.78 is 0. The van der Waals surface area contributed by atoms with E-state index in [0.717, 1.165) is 11.1 Å². The van der Waals surface area contributed by atoms with Crippen molar-refractivity contribution in [1.29, 1.82) is 0 Å². The molecule has 0 saturated carbocycles. The van der Waals surface area contributed by atoms with Crippen molar-refractivity contribution in [3.63, 3.8) is 0 Å². The number of primary amides is 1. The number of Topliss-reactive ketones (excluding diaryl/α,β-unsaturated/α-hetero) is 1. The summed E-state index contributed by atoms with van der Waals surface area (Å²) >= 11 is 0. The first kappa shape index (κ1) is 19.4. The molecule has 1 aromatic carbocycles. The molecule has 0 aromatic heterocycles. The van der Waals surface area contributed by atoms with Crippen LogP contribution in [0, 0.1) is 17.8 Å². The summed E-state index contributed by atoms with van der Waals surface area (Å²) in [6, 6.07) is 7.76. The molecule has 23 heavy (non-hydrogen) atoms. The van der Waals surface area contributed by atoms with E-state index in [2.05, 4.69) is 41.5 Å². The predicted octanol–water partition coefficient (Wildman–Crippen LogP) is 3.88. The molecule has 3 nitrogen and oxygen atoms in total. The molecule has 0 heterocycles. The number of hydrogen-bond acceptors (Lipinski definition) is 2. The maximum Gasteiger partial charge on any atom is 0.221 e. The Balaban J connectivity index is 3.58. The van der Waals surface area contributed by atoms with E-state index in [9.17, 15) is 9.59 Å². The lowest BCUT2D eigenvalue weighted by Crippen LogP contribution is -2.47. The number of nitrogens with two attached hydrogens (primary N) is 1. The minimum Gasteiger partial charge on any atom is -0.369 e. The van der Waals surface area contributed by atoms with Crippen molar-refractivity contribution >= 4 is 11.7 Å². The molecule has 2 N–H and O–H groups in total. The number of ketones is 1. The molecule has 0 aliphatic heterocycles. The summed E-state index contributed by atoms with van der Waals surface area (Å²) in [6.07, 6.45) is 0.716. The van der Waals surface area contributed by atoms with Gasteiger partial charge in [-0.15, -0.1) is 0 Å². The molecule has 0 saturated heterocycles. The summed E-state index contributed by atoms with van der Waals surface area (Å²) in [5, 5.41) is 0. The lowest BCUT2D eigenvalue weighted by atomic mass is 9.59. The van der Waals surface area contributed by atoms with E-state index < -0.39 is 5.41 Å².